The van der Waals surface area contributed by atoms with Crippen molar-refractivity contribution in [1.82, 2.24) is 8.87 Å². The van der Waals surface area contributed by atoms with Crippen LogP contribution in [0.5, 0.6) is 5.75 Å². The van der Waals surface area contributed by atoms with Gasteiger partial charge < -0.3 is 14.8 Å². The summed E-state index contributed by atoms with van der Waals surface area (Å²) in [6.07, 6.45) is 2.52. The van der Waals surface area contributed by atoms with Crippen molar-refractivity contribution in [2.45, 2.75) is 18.8 Å². The lowest BCUT2D eigenvalue weighted by Crippen LogP contribution is -2.39. The van der Waals surface area contributed by atoms with E-state index in [9.17, 15) is 27.8 Å². The number of fused-ring (bicyclic) bond motifs is 1. The number of sulfonamides is 1. The zero-order valence-electron chi connectivity index (χ0n) is 19.6. The number of aromatic nitrogens is 1. The fourth-order valence-corrected chi connectivity index (χ4v) is 6.07. The smallest absolute Gasteiger partial charge is 0.335 e. The van der Waals surface area contributed by atoms with Crippen LogP contribution < -0.4 is 0 Å². The molecule has 0 spiro atoms. The molecule has 9 heteroatoms. The number of phenolic OH excluding ortho intramolecular Hbond substituents is 1. The first-order valence-electron chi connectivity index (χ1n) is 11.6. The fraction of sp³-hybridized carbons (Fsp3) is 0.222. The van der Waals surface area contributed by atoms with Crippen molar-refractivity contribution in [3.8, 4) is 22.6 Å². The maximum atomic E-state index is 13.8. The number of nitrogens with zero attached hydrogens (tertiary/aromatic N) is 2. The Balaban J connectivity index is 1.87. The maximum Gasteiger partial charge on any atom is 0.335 e. The average Bonchev–Trinajstić information content (AvgIpc) is 3.21. The van der Waals surface area contributed by atoms with Crippen molar-refractivity contribution in [3.05, 3.63) is 83.8 Å². The molecule has 1 fully saturated rings. The second kappa shape index (κ2) is 9.07. The quantitative estimate of drug-likeness (QED) is 0.396. The highest BCUT2D eigenvalue weighted by Crippen LogP contribution is 2.46. The minimum absolute atomic E-state index is 0.0149. The van der Waals surface area contributed by atoms with Crippen LogP contribution in [0.4, 0.5) is 4.39 Å². The summed E-state index contributed by atoms with van der Waals surface area (Å²) in [7, 11) is -3.44. The highest BCUT2D eigenvalue weighted by molar-refractivity contribution is 7.88. The third kappa shape index (κ3) is 4.25. The van der Waals surface area contributed by atoms with Crippen molar-refractivity contribution in [3.63, 3.8) is 0 Å². The van der Waals surface area contributed by atoms with Crippen LogP contribution >= 0.6 is 0 Å². The molecule has 4 aromatic rings. The summed E-state index contributed by atoms with van der Waals surface area (Å²) < 4.78 is 42.1. The van der Waals surface area contributed by atoms with Crippen molar-refractivity contribution >= 4 is 26.9 Å². The first-order valence-corrected chi connectivity index (χ1v) is 13.4. The molecule has 2 heterocycles. The summed E-state index contributed by atoms with van der Waals surface area (Å²) in [5, 5.41) is 21.1. The Kier molecular flexibility index (Phi) is 6.05. The van der Waals surface area contributed by atoms with Gasteiger partial charge in [0.05, 0.1) is 17.3 Å². The molecule has 2 N–H and O–H groups in total. The standard InChI is InChI=1S/C27H25FN2O5S/c1-36(34,35)29-14-4-7-19(16-29)26-24(17-5-2-6-18(15-17)27(32)33)25-22(8-3-9-23(25)31)30(26)21-12-10-20(28)11-13-21/h2-3,5-6,8-13,15,19,31H,4,7,14,16H2,1H3,(H,32,33). The van der Waals surface area contributed by atoms with Gasteiger partial charge in [0.15, 0.2) is 0 Å². The molecule has 5 rings (SSSR count). The number of hydrogen-bond acceptors (Lipinski definition) is 4. The number of carboxylic acids is 1. The van der Waals surface area contributed by atoms with Crippen molar-refractivity contribution in [1.29, 1.82) is 0 Å². The van der Waals surface area contributed by atoms with Crippen LogP contribution in [-0.4, -0.2) is 52.8 Å². The van der Waals surface area contributed by atoms with Crippen LogP contribution in [0.1, 0.15) is 34.8 Å². The summed E-state index contributed by atoms with van der Waals surface area (Å²) in [6.45, 7) is 0.657. The van der Waals surface area contributed by atoms with Gasteiger partial charge in [0.1, 0.15) is 11.6 Å². The Morgan fingerprint density at radius 2 is 1.78 bits per heavy atom. The van der Waals surface area contributed by atoms with E-state index in [4.69, 9.17) is 0 Å². The zero-order valence-corrected chi connectivity index (χ0v) is 20.4. The fourth-order valence-electron chi connectivity index (χ4n) is 5.16. The lowest BCUT2D eigenvalue weighted by atomic mass is 9.89. The molecule has 1 aromatic heterocycles. The van der Waals surface area contributed by atoms with E-state index in [2.05, 4.69) is 0 Å². The van der Waals surface area contributed by atoms with Gasteiger partial charge in [0.25, 0.3) is 0 Å². The van der Waals surface area contributed by atoms with Gasteiger partial charge in [-0.1, -0.05) is 18.2 Å². The van der Waals surface area contributed by atoms with Gasteiger partial charge in [-0.2, -0.15) is 0 Å². The van der Waals surface area contributed by atoms with Crippen LogP contribution in [-0.2, 0) is 10.0 Å². The van der Waals surface area contributed by atoms with E-state index in [0.29, 0.717) is 47.1 Å². The SMILES string of the molecule is CS(=O)(=O)N1CCCC(c2c(-c3cccc(C(=O)O)c3)c3c(O)cccc3n2-c2ccc(F)cc2)C1. The molecule has 0 amide bonds. The third-order valence-corrected chi connectivity index (χ3v) is 8.00. The summed E-state index contributed by atoms with van der Waals surface area (Å²) in [5.41, 5.74) is 3.37. The molecule has 7 nitrogen and oxygen atoms in total. The molecular weight excluding hydrogens is 483 g/mol. The molecule has 0 radical (unpaired) electrons. The van der Waals surface area contributed by atoms with E-state index >= 15 is 0 Å². The monoisotopic (exact) mass is 508 g/mol. The van der Waals surface area contributed by atoms with Gasteiger partial charge in [0.2, 0.25) is 10.0 Å². The van der Waals surface area contributed by atoms with E-state index < -0.39 is 21.8 Å². The second-order valence-electron chi connectivity index (χ2n) is 9.09. The van der Waals surface area contributed by atoms with Crippen LogP contribution in [0.3, 0.4) is 0 Å². The summed E-state index contributed by atoms with van der Waals surface area (Å²) in [4.78, 5) is 11.8. The number of rotatable bonds is 5. The number of phenols is 1. The summed E-state index contributed by atoms with van der Waals surface area (Å²) >= 11 is 0. The Bertz CT molecular complexity index is 1580. The number of benzene rings is 3. The highest BCUT2D eigenvalue weighted by Gasteiger charge is 2.33. The summed E-state index contributed by atoms with van der Waals surface area (Å²) in [5.74, 6) is -1.71. The van der Waals surface area contributed by atoms with Crippen LogP contribution in [0.2, 0.25) is 0 Å². The molecule has 0 bridgehead atoms. The Morgan fingerprint density at radius 1 is 1.06 bits per heavy atom. The van der Waals surface area contributed by atoms with E-state index in [1.807, 2.05) is 10.6 Å². The number of carboxylic acid groups (broad SMARTS) is 1. The number of piperidine rings is 1. The molecule has 1 unspecified atom stereocenters. The summed E-state index contributed by atoms with van der Waals surface area (Å²) in [6, 6.07) is 17.6. The van der Waals surface area contributed by atoms with Crippen molar-refractivity contribution in [2.24, 2.45) is 0 Å². The predicted octanol–water partition coefficient (Wildman–Crippen LogP) is 4.98. The predicted molar refractivity (Wildman–Crippen MR) is 136 cm³/mol. The molecule has 0 aliphatic carbocycles. The Hall–Kier alpha value is -3.69. The van der Waals surface area contributed by atoms with Gasteiger partial charge in [-0.05, 0) is 66.9 Å². The highest BCUT2D eigenvalue weighted by atomic mass is 32.2. The normalized spacial score (nSPS) is 16.9. The number of aromatic hydroxyl groups is 1. The minimum atomic E-state index is -3.44. The molecule has 1 saturated heterocycles. The number of aromatic carboxylic acids is 1. The second-order valence-corrected chi connectivity index (χ2v) is 11.1. The Morgan fingerprint density at radius 3 is 2.47 bits per heavy atom. The lowest BCUT2D eigenvalue weighted by molar-refractivity contribution is 0.0697. The van der Waals surface area contributed by atoms with Gasteiger partial charge in [-0.3, -0.25) is 0 Å². The minimum Gasteiger partial charge on any atom is -0.507 e. The molecule has 36 heavy (non-hydrogen) atoms. The van der Waals surface area contributed by atoms with E-state index in [1.54, 1.807) is 42.5 Å². The van der Waals surface area contributed by atoms with Gasteiger partial charge in [0, 0.05) is 41.3 Å². The van der Waals surface area contributed by atoms with Gasteiger partial charge in [-0.25, -0.2) is 21.9 Å². The Labute approximate surface area is 208 Å². The first kappa shape index (κ1) is 24.0. The third-order valence-electron chi connectivity index (χ3n) is 6.73. The molecule has 1 aliphatic rings. The van der Waals surface area contributed by atoms with E-state index in [0.717, 1.165) is 5.69 Å². The van der Waals surface area contributed by atoms with Crippen LogP contribution in [0, 0.1) is 5.82 Å². The largest absolute Gasteiger partial charge is 0.507 e. The van der Waals surface area contributed by atoms with Gasteiger partial charge in [-0.15, -0.1) is 0 Å². The average molecular weight is 509 g/mol. The lowest BCUT2D eigenvalue weighted by Gasteiger charge is -2.32. The topological polar surface area (TPSA) is 99.8 Å². The molecule has 0 saturated carbocycles. The molecule has 1 aliphatic heterocycles. The van der Waals surface area contributed by atoms with Crippen molar-refractivity contribution < 1.29 is 27.8 Å². The molecular formula is C27H25FN2O5S. The molecule has 3 aromatic carbocycles. The van der Waals surface area contributed by atoms with Gasteiger partial charge >= 0.3 is 5.97 Å². The van der Waals surface area contributed by atoms with E-state index in [1.165, 1.54) is 28.8 Å². The molecule has 1 atom stereocenters. The maximum absolute atomic E-state index is 13.8. The number of carbonyl (C=O) groups is 1. The number of hydrogen-bond donors (Lipinski definition) is 2. The van der Waals surface area contributed by atoms with Crippen LogP contribution in [0.25, 0.3) is 27.7 Å². The first-order chi connectivity index (χ1) is 17.1. The zero-order chi connectivity index (χ0) is 25.6. The van der Waals surface area contributed by atoms with Crippen LogP contribution in [0.15, 0.2) is 66.7 Å². The van der Waals surface area contributed by atoms with Crippen molar-refractivity contribution in [2.75, 3.05) is 19.3 Å². The van der Waals surface area contributed by atoms with E-state index in [-0.39, 0.29) is 23.8 Å². The number of halogens is 1. The molecule has 186 valence electrons.